The summed E-state index contributed by atoms with van der Waals surface area (Å²) >= 11 is 0. The molecule has 0 fully saturated rings. The van der Waals surface area contributed by atoms with Crippen LogP contribution in [0.2, 0.25) is 0 Å². The van der Waals surface area contributed by atoms with E-state index in [0.29, 0.717) is 11.6 Å². The molecule has 4 aromatic carbocycles. The van der Waals surface area contributed by atoms with Crippen LogP contribution in [0.1, 0.15) is 28.6 Å². The second-order valence-corrected chi connectivity index (χ2v) is 11.4. The predicted octanol–water partition coefficient (Wildman–Crippen LogP) is 6.74. The fraction of sp³-hybridized carbons (Fsp3) is 0.119. The molecule has 8 rings (SSSR count). The Labute approximate surface area is 313 Å². The van der Waals surface area contributed by atoms with E-state index in [9.17, 15) is 0 Å². The summed E-state index contributed by atoms with van der Waals surface area (Å²) in [6, 6.07) is 48.5. The van der Waals surface area contributed by atoms with Crippen molar-refractivity contribution in [2.75, 3.05) is 0 Å². The molecule has 8 nitrogen and oxygen atoms in total. The minimum absolute atomic E-state index is 0. The quantitative estimate of drug-likeness (QED) is 0.142. The summed E-state index contributed by atoms with van der Waals surface area (Å²) in [6.07, 6.45) is 8.48. The summed E-state index contributed by atoms with van der Waals surface area (Å²) in [5.74, 6) is 1.27. The van der Waals surface area contributed by atoms with Gasteiger partial charge in [-0.15, -0.1) is 0 Å². The minimum atomic E-state index is 0. The third-order valence-electron chi connectivity index (χ3n) is 8.14. The molecule has 0 saturated carbocycles. The summed E-state index contributed by atoms with van der Waals surface area (Å²) in [7, 11) is 0. The van der Waals surface area contributed by atoms with Crippen molar-refractivity contribution < 1.29 is 29.2 Å². The van der Waals surface area contributed by atoms with Crippen LogP contribution in [0.4, 0.5) is 0 Å². The smallest absolute Gasteiger partial charge is 0.267 e. The van der Waals surface area contributed by atoms with Gasteiger partial charge in [-0.25, -0.2) is 0 Å². The van der Waals surface area contributed by atoms with Crippen molar-refractivity contribution in [1.29, 1.82) is 0 Å². The molecule has 51 heavy (non-hydrogen) atoms. The van der Waals surface area contributed by atoms with Gasteiger partial charge < -0.3 is 19.2 Å². The van der Waals surface area contributed by atoms with Gasteiger partial charge in [0.15, 0.2) is 0 Å². The first kappa shape index (κ1) is 36.5. The van der Waals surface area contributed by atoms with Crippen LogP contribution in [-0.4, -0.2) is 24.2 Å². The Kier molecular flexibility index (Phi) is 12.4. The topological polar surface area (TPSA) is 70.4 Å². The summed E-state index contributed by atoms with van der Waals surface area (Å²) in [4.78, 5) is 8.19. The van der Waals surface area contributed by atoms with Crippen molar-refractivity contribution in [2.45, 2.75) is 34.6 Å². The Balaban J connectivity index is 0.000000151. The molecule has 0 amide bonds. The first-order valence-electron chi connectivity index (χ1n) is 16.3. The number of rotatable bonds is 5. The molecule has 8 aromatic rings. The molecule has 0 aliphatic carbocycles. The zero-order chi connectivity index (χ0) is 34.9. The molecule has 0 unspecified atom stereocenters. The third kappa shape index (κ3) is 8.70. The van der Waals surface area contributed by atoms with E-state index in [1.807, 2.05) is 112 Å². The van der Waals surface area contributed by atoms with E-state index in [1.54, 1.807) is 13.1 Å². The van der Waals surface area contributed by atoms with Gasteiger partial charge in [-0.2, -0.15) is 60.7 Å². The van der Waals surface area contributed by atoms with Crippen molar-refractivity contribution in [3.8, 4) is 34.3 Å². The fourth-order valence-electron chi connectivity index (χ4n) is 5.24. The molecule has 0 spiro atoms. The number of benzene rings is 4. The molecule has 257 valence electrons. The Hall–Kier alpha value is -5.76. The van der Waals surface area contributed by atoms with E-state index in [2.05, 4.69) is 106 Å². The van der Waals surface area contributed by atoms with E-state index >= 15 is 0 Å². The summed E-state index contributed by atoms with van der Waals surface area (Å²) in [5.41, 5.74) is 9.74. The maximum absolute atomic E-state index is 4.10. The van der Waals surface area contributed by atoms with Gasteiger partial charge in [0.2, 0.25) is 0 Å². The van der Waals surface area contributed by atoms with Crippen LogP contribution in [0.3, 0.4) is 0 Å². The van der Waals surface area contributed by atoms with E-state index in [0.717, 1.165) is 28.4 Å². The zero-order valence-corrected chi connectivity index (χ0v) is 31.5. The second kappa shape index (κ2) is 17.3. The molecular formula is C42H37IrN8-3. The van der Waals surface area contributed by atoms with Crippen LogP contribution in [0, 0.1) is 59.4 Å². The molecular weight excluding hydrogens is 809 g/mol. The van der Waals surface area contributed by atoms with Crippen LogP contribution >= 0.6 is 0 Å². The van der Waals surface area contributed by atoms with Crippen LogP contribution < -0.4 is 14.2 Å². The minimum Gasteiger partial charge on any atom is -0.421 e. The molecule has 4 aromatic heterocycles. The SMILES string of the molecule is Cc1c(C)[n+](-c2ccccc2)[c-]n1-c1[c-]cccc1.Cc1c(C)[n+](-c2ccccc2)[c-]n1-c1[c-]cccc1.Cc1n[n-]c(-c2ccccn2)n1.[Ir]. The number of hydrogen-bond acceptors (Lipinski definition) is 3. The average molecular weight is 846 g/mol. The molecule has 0 N–H and O–H groups in total. The van der Waals surface area contributed by atoms with Crippen LogP contribution in [0.15, 0.2) is 134 Å². The Morgan fingerprint density at radius 2 is 1.04 bits per heavy atom. The monoisotopic (exact) mass is 846 g/mol. The van der Waals surface area contributed by atoms with Gasteiger partial charge in [0.25, 0.3) is 12.7 Å². The Bertz CT molecular complexity index is 2000. The zero-order valence-electron chi connectivity index (χ0n) is 29.1. The summed E-state index contributed by atoms with van der Waals surface area (Å²) < 4.78 is 8.25. The van der Waals surface area contributed by atoms with Crippen molar-refractivity contribution in [3.05, 3.63) is 187 Å². The normalized spacial score (nSPS) is 10.3. The van der Waals surface area contributed by atoms with Gasteiger partial charge >= 0.3 is 0 Å². The number of imidazole rings is 2. The van der Waals surface area contributed by atoms with E-state index < -0.39 is 0 Å². The van der Waals surface area contributed by atoms with Gasteiger partial charge in [-0.3, -0.25) is 19.2 Å². The second-order valence-electron chi connectivity index (χ2n) is 11.4. The summed E-state index contributed by atoms with van der Waals surface area (Å²) in [5, 5.41) is 7.65. The molecule has 0 bridgehead atoms. The molecule has 0 saturated heterocycles. The van der Waals surface area contributed by atoms with Gasteiger partial charge in [0.1, 0.15) is 0 Å². The number of hydrogen-bond donors (Lipinski definition) is 0. The van der Waals surface area contributed by atoms with Crippen molar-refractivity contribution >= 4 is 0 Å². The van der Waals surface area contributed by atoms with Gasteiger partial charge in [-0.1, -0.05) is 42.5 Å². The first-order chi connectivity index (χ1) is 24.4. The van der Waals surface area contributed by atoms with Crippen LogP contribution in [-0.2, 0) is 20.1 Å². The largest absolute Gasteiger partial charge is 0.421 e. The van der Waals surface area contributed by atoms with E-state index in [1.165, 1.54) is 22.8 Å². The van der Waals surface area contributed by atoms with Gasteiger partial charge in [0, 0.05) is 43.5 Å². The van der Waals surface area contributed by atoms with Crippen LogP contribution in [0.25, 0.3) is 34.3 Å². The number of nitrogens with zero attached hydrogens (tertiary/aromatic N) is 8. The molecule has 0 aliphatic heterocycles. The van der Waals surface area contributed by atoms with Gasteiger partial charge in [0.05, 0.1) is 28.5 Å². The van der Waals surface area contributed by atoms with Gasteiger partial charge in [-0.05, 0) is 88.2 Å². The predicted molar refractivity (Wildman–Crippen MR) is 192 cm³/mol. The van der Waals surface area contributed by atoms with Crippen LogP contribution in [0.5, 0.6) is 0 Å². The standard InChI is InChI=1S/2C17H15N2.C8H7N4.Ir/c2*1-14-15(2)19(17-11-7-4-8-12-17)13-18(14)16-9-5-3-6-10-16;1-6-10-8(12-11-6)7-4-2-3-5-9-7;/h2*3-11H,1-2H3;2-5H,1H3;/q3*-1;. The number of aromatic nitrogens is 8. The third-order valence-corrected chi connectivity index (χ3v) is 8.14. The molecule has 9 heteroatoms. The van der Waals surface area contributed by atoms with E-state index in [-0.39, 0.29) is 20.1 Å². The summed E-state index contributed by atoms with van der Waals surface area (Å²) in [6.45, 7) is 10.2. The average Bonchev–Trinajstić information content (AvgIpc) is 3.85. The number of aryl methyl sites for hydroxylation is 1. The van der Waals surface area contributed by atoms with E-state index in [4.69, 9.17) is 0 Å². The van der Waals surface area contributed by atoms with Crippen molar-refractivity contribution in [3.63, 3.8) is 0 Å². The van der Waals surface area contributed by atoms with Crippen molar-refractivity contribution in [2.24, 2.45) is 0 Å². The number of pyridine rings is 1. The molecule has 0 aliphatic rings. The maximum Gasteiger partial charge on any atom is 0.267 e. The molecule has 0 atom stereocenters. The fourth-order valence-corrected chi connectivity index (χ4v) is 5.24. The first-order valence-corrected chi connectivity index (χ1v) is 16.3. The molecule has 4 heterocycles. The molecule has 1 radical (unpaired) electrons. The Morgan fingerprint density at radius 1 is 0.569 bits per heavy atom. The Morgan fingerprint density at radius 3 is 1.43 bits per heavy atom. The van der Waals surface area contributed by atoms with Crippen molar-refractivity contribution in [1.82, 2.24) is 29.3 Å². The number of para-hydroxylation sites is 4. The maximum atomic E-state index is 4.10.